The van der Waals surface area contributed by atoms with E-state index in [2.05, 4.69) is 9.99 Å². The van der Waals surface area contributed by atoms with Crippen molar-refractivity contribution >= 4 is 51.3 Å². The Bertz CT molecular complexity index is 1310. The lowest BCUT2D eigenvalue weighted by Crippen LogP contribution is -2.45. The molecule has 2 aromatic rings. The SMILES string of the molecule is CN(C(=O)C([S+](C)[O-])[S+](C)[O-])c1ccc(C2=NOC(c3cc(C(F)(F)F)cc(C(F)(F)F)c3)(C(F)(F)F)C2)cc1Cl. The van der Waals surface area contributed by atoms with Gasteiger partial charge in [0.2, 0.25) is 0 Å². The summed E-state index contributed by atoms with van der Waals surface area (Å²) in [5.41, 5.74) is -9.81. The molecule has 1 aliphatic heterocycles. The molecule has 1 amide bonds. The van der Waals surface area contributed by atoms with Crippen molar-refractivity contribution in [3.63, 3.8) is 0 Å². The van der Waals surface area contributed by atoms with Crippen molar-refractivity contribution < 1.29 is 58.3 Å². The summed E-state index contributed by atoms with van der Waals surface area (Å²) >= 11 is 2.54. The Labute approximate surface area is 237 Å². The number of rotatable bonds is 6. The highest BCUT2D eigenvalue weighted by atomic mass is 35.5. The van der Waals surface area contributed by atoms with Crippen molar-refractivity contribution in [3.8, 4) is 0 Å². The molecule has 0 spiro atoms. The minimum atomic E-state index is -5.53. The van der Waals surface area contributed by atoms with Gasteiger partial charge in [0, 0.05) is 46.9 Å². The highest BCUT2D eigenvalue weighted by Gasteiger charge is 2.63. The van der Waals surface area contributed by atoms with Crippen molar-refractivity contribution in [2.24, 2.45) is 5.16 Å². The van der Waals surface area contributed by atoms with Crippen LogP contribution in [0.15, 0.2) is 41.6 Å². The van der Waals surface area contributed by atoms with E-state index in [1.54, 1.807) is 0 Å². The molecule has 0 radical (unpaired) electrons. The molecule has 1 aliphatic rings. The number of hydrogen-bond donors (Lipinski definition) is 0. The summed E-state index contributed by atoms with van der Waals surface area (Å²) in [6.07, 6.45) is -15.3. The van der Waals surface area contributed by atoms with Crippen LogP contribution < -0.4 is 4.90 Å². The fraction of sp³-hybridized carbons (Fsp3) is 0.391. The topological polar surface area (TPSA) is 88.0 Å². The van der Waals surface area contributed by atoms with Gasteiger partial charge in [-0.25, -0.2) is 0 Å². The Morgan fingerprint density at radius 3 is 1.90 bits per heavy atom. The van der Waals surface area contributed by atoms with Crippen molar-refractivity contribution in [2.45, 2.75) is 35.1 Å². The van der Waals surface area contributed by atoms with E-state index in [-0.39, 0.29) is 34.5 Å². The van der Waals surface area contributed by atoms with Crippen LogP contribution in [0.2, 0.25) is 5.02 Å². The number of nitrogens with zero attached hydrogens (tertiary/aromatic N) is 2. The summed E-state index contributed by atoms with van der Waals surface area (Å²) in [5.74, 6) is -0.844. The molecule has 0 fully saturated rings. The Kier molecular flexibility index (Phi) is 9.21. The molecule has 6 nitrogen and oxygen atoms in total. The van der Waals surface area contributed by atoms with Crippen LogP contribution in [0, 0.1) is 0 Å². The van der Waals surface area contributed by atoms with E-state index in [0.717, 1.165) is 35.6 Å². The first-order valence-electron chi connectivity index (χ1n) is 10.9. The molecule has 3 rings (SSSR count). The van der Waals surface area contributed by atoms with Gasteiger partial charge in [-0.3, -0.25) is 4.79 Å². The van der Waals surface area contributed by atoms with Gasteiger partial charge in [-0.1, -0.05) is 22.8 Å². The van der Waals surface area contributed by atoms with Gasteiger partial charge in [0.25, 0.3) is 5.60 Å². The van der Waals surface area contributed by atoms with Crippen LogP contribution >= 0.6 is 11.6 Å². The monoisotopic (exact) mass is 656 g/mol. The lowest BCUT2D eigenvalue weighted by molar-refractivity contribution is -0.276. The second kappa shape index (κ2) is 11.4. The second-order valence-electron chi connectivity index (χ2n) is 8.82. The van der Waals surface area contributed by atoms with Gasteiger partial charge in [-0.2, -0.15) is 39.5 Å². The zero-order valence-electron chi connectivity index (χ0n) is 20.9. The maximum atomic E-state index is 14.3. The summed E-state index contributed by atoms with van der Waals surface area (Å²) in [4.78, 5) is 18.2. The van der Waals surface area contributed by atoms with Gasteiger partial charge in [0.1, 0.15) is 12.5 Å². The fourth-order valence-corrected chi connectivity index (χ4v) is 6.67. The van der Waals surface area contributed by atoms with E-state index in [4.69, 9.17) is 11.6 Å². The van der Waals surface area contributed by atoms with E-state index < -0.39 is 85.8 Å². The smallest absolute Gasteiger partial charge is 0.435 e. The lowest BCUT2D eigenvalue weighted by Gasteiger charge is -2.30. The molecule has 0 saturated carbocycles. The molecule has 3 atom stereocenters. The zero-order chi connectivity index (χ0) is 31.3. The van der Waals surface area contributed by atoms with Gasteiger partial charge in [0.15, 0.2) is 0 Å². The van der Waals surface area contributed by atoms with E-state index in [9.17, 15) is 53.4 Å². The van der Waals surface area contributed by atoms with Crippen LogP contribution in [0.4, 0.5) is 45.2 Å². The zero-order valence-corrected chi connectivity index (χ0v) is 23.3. The highest BCUT2D eigenvalue weighted by Crippen LogP contribution is 2.51. The summed E-state index contributed by atoms with van der Waals surface area (Å²) in [6.45, 7) is 0. The number of oxime groups is 1. The first-order valence-corrected chi connectivity index (χ1v) is 14.6. The molecule has 2 aromatic carbocycles. The molecule has 3 unspecified atom stereocenters. The van der Waals surface area contributed by atoms with Crippen LogP contribution in [-0.2, 0) is 49.9 Å². The molecule has 0 aliphatic carbocycles. The second-order valence-corrected chi connectivity index (χ2v) is 12.5. The summed E-state index contributed by atoms with van der Waals surface area (Å²) in [5, 5.41) is 3.08. The number of anilines is 1. The summed E-state index contributed by atoms with van der Waals surface area (Å²) < 4.78 is 145. The van der Waals surface area contributed by atoms with Crippen molar-refractivity contribution in [3.05, 3.63) is 63.7 Å². The first kappa shape index (κ1) is 33.2. The summed E-state index contributed by atoms with van der Waals surface area (Å²) in [6, 6.07) is 2.86. The van der Waals surface area contributed by atoms with Gasteiger partial charge in [0.05, 0.1) is 27.5 Å². The maximum Gasteiger partial charge on any atom is 0.435 e. The average molecular weight is 657 g/mol. The normalized spacial score (nSPS) is 20.2. The number of halogens is 10. The number of benzene rings is 2. The summed E-state index contributed by atoms with van der Waals surface area (Å²) in [7, 11) is 1.21. The number of carbonyl (C=O) groups is 1. The molecule has 0 aromatic heterocycles. The van der Waals surface area contributed by atoms with Crippen molar-refractivity contribution in [1.29, 1.82) is 0 Å². The number of alkyl halides is 9. The molecule has 0 N–H and O–H groups in total. The standard InChI is InChI=1S/C23H18ClF9N2O4S2/c1-35(18(36)19(40(2)37)41(3)38)17-5-4-11(6-15(17)24)16-10-20(39-34-16,23(31,32)33)12-7-13(21(25,26)27)9-14(8-12)22(28,29)30/h4-9,19H,10H2,1-3H3. The molecule has 18 heteroatoms. The largest absolute Gasteiger partial charge is 0.612 e. The lowest BCUT2D eigenvalue weighted by atomic mass is 9.84. The molecule has 0 bridgehead atoms. The molecule has 226 valence electrons. The van der Waals surface area contributed by atoms with Crippen molar-refractivity contribution in [2.75, 3.05) is 24.5 Å². The van der Waals surface area contributed by atoms with Crippen LogP contribution in [0.5, 0.6) is 0 Å². The number of amides is 1. The van der Waals surface area contributed by atoms with Gasteiger partial charge in [-0.05, 0) is 30.3 Å². The predicted molar refractivity (Wildman–Crippen MR) is 133 cm³/mol. The molecule has 41 heavy (non-hydrogen) atoms. The fourth-order valence-electron chi connectivity index (χ4n) is 3.96. The third-order valence-corrected chi connectivity index (χ3v) is 9.56. The van der Waals surface area contributed by atoms with Gasteiger partial charge in [-0.15, -0.1) is 0 Å². The third kappa shape index (κ3) is 6.68. The molecule has 0 saturated heterocycles. The first-order chi connectivity index (χ1) is 18.6. The van der Waals surface area contributed by atoms with Crippen LogP contribution in [0.1, 0.15) is 28.7 Å². The van der Waals surface area contributed by atoms with Crippen LogP contribution in [0.25, 0.3) is 0 Å². The minimum Gasteiger partial charge on any atom is -0.612 e. The van der Waals surface area contributed by atoms with Crippen LogP contribution in [0.3, 0.4) is 0 Å². The van der Waals surface area contributed by atoms with Gasteiger partial charge < -0.3 is 18.8 Å². The highest BCUT2D eigenvalue weighted by molar-refractivity contribution is 8.09. The molecule has 1 heterocycles. The van der Waals surface area contributed by atoms with Gasteiger partial charge >= 0.3 is 29.0 Å². The number of hydrogen-bond acceptors (Lipinski definition) is 5. The van der Waals surface area contributed by atoms with E-state index in [1.807, 2.05) is 0 Å². The van der Waals surface area contributed by atoms with Crippen molar-refractivity contribution in [1.82, 2.24) is 0 Å². The van der Waals surface area contributed by atoms with E-state index in [0.29, 0.717) is 0 Å². The molecular formula is C23H18ClF9N2O4S2. The quantitative estimate of drug-likeness (QED) is 0.282. The Hall–Kier alpha value is -2.34. The van der Waals surface area contributed by atoms with E-state index >= 15 is 0 Å². The maximum absolute atomic E-state index is 14.3. The van der Waals surface area contributed by atoms with E-state index in [1.165, 1.54) is 7.05 Å². The Balaban J connectivity index is 2.03. The Morgan fingerprint density at radius 1 is 0.976 bits per heavy atom. The third-order valence-electron chi connectivity index (χ3n) is 6.02. The Morgan fingerprint density at radius 2 is 1.49 bits per heavy atom. The number of carbonyl (C=O) groups excluding carboxylic acids is 1. The average Bonchev–Trinajstić information content (AvgIpc) is 3.29. The molecular weight excluding hydrogens is 639 g/mol. The minimum absolute atomic E-state index is 0.0318. The van der Waals surface area contributed by atoms with Crippen LogP contribution in [-0.4, -0.2) is 51.0 Å². The predicted octanol–water partition coefficient (Wildman–Crippen LogP) is 6.01.